The number of aryl methyl sites for hydroxylation is 3. The molecule has 4 rings (SSSR count). The van der Waals surface area contributed by atoms with Crippen LogP contribution in [0.3, 0.4) is 0 Å². The highest BCUT2D eigenvalue weighted by atomic mass is 32.2. The van der Waals surface area contributed by atoms with Crippen LogP contribution < -0.4 is 4.72 Å². The van der Waals surface area contributed by atoms with Gasteiger partial charge in [-0.1, -0.05) is 12.1 Å². The van der Waals surface area contributed by atoms with Crippen molar-refractivity contribution in [3.05, 3.63) is 58.3 Å². The maximum absolute atomic E-state index is 13.4. The molecule has 3 aromatic rings. The zero-order chi connectivity index (χ0) is 22.3. The fraction of sp³-hybridized carbons (Fsp3) is 0.375. The van der Waals surface area contributed by atoms with Crippen molar-refractivity contribution >= 4 is 32.6 Å². The van der Waals surface area contributed by atoms with Crippen molar-refractivity contribution < 1.29 is 17.6 Å². The third-order valence-corrected chi connectivity index (χ3v) is 7.60. The quantitative estimate of drug-likeness (QED) is 0.613. The van der Waals surface area contributed by atoms with E-state index in [0.717, 1.165) is 30.4 Å². The van der Waals surface area contributed by atoms with Crippen molar-refractivity contribution in [3.63, 3.8) is 0 Å². The molecular weight excluding hydrogens is 412 g/mol. The fourth-order valence-corrected chi connectivity index (χ4v) is 5.72. The molecule has 31 heavy (non-hydrogen) atoms. The molecular formula is C24H28N2O4S. The van der Waals surface area contributed by atoms with E-state index in [1.807, 2.05) is 32.9 Å². The molecule has 0 saturated carbocycles. The third-order valence-electron chi connectivity index (χ3n) is 6.07. The first-order chi connectivity index (χ1) is 14.7. The third kappa shape index (κ3) is 3.94. The van der Waals surface area contributed by atoms with Crippen LogP contribution in [0.1, 0.15) is 52.1 Å². The number of nitrogens with one attached hydrogen (secondary N) is 1. The lowest BCUT2D eigenvalue weighted by molar-refractivity contribution is 0.0693. The molecule has 1 aliphatic rings. The van der Waals surface area contributed by atoms with Crippen LogP contribution in [0, 0.1) is 27.7 Å². The summed E-state index contributed by atoms with van der Waals surface area (Å²) in [6.07, 6.45) is 3.07. The van der Waals surface area contributed by atoms with Crippen LogP contribution in [-0.2, 0) is 10.0 Å². The molecule has 1 aromatic heterocycles. The van der Waals surface area contributed by atoms with E-state index in [9.17, 15) is 13.2 Å². The average molecular weight is 441 g/mol. The number of carbonyl (C=O) groups excluding carboxylic acids is 1. The Morgan fingerprint density at radius 2 is 1.71 bits per heavy atom. The Kier molecular flexibility index (Phi) is 5.56. The Bertz CT molecular complexity index is 1270. The standard InChI is InChI=1S/C24H28N2O4S/c1-15-9-8-10-19(13-15)25-31(28,29)23-17(3)16(2)14-20-18(4)21(30-22(20)23)24(27)26-11-6-5-7-12-26/h8-10,13-14,25H,5-7,11-12H2,1-4H3. The molecule has 0 aliphatic carbocycles. The first kappa shape index (κ1) is 21.4. The zero-order valence-corrected chi connectivity index (χ0v) is 19.2. The summed E-state index contributed by atoms with van der Waals surface area (Å²) < 4.78 is 35.5. The fourth-order valence-electron chi connectivity index (χ4n) is 4.23. The van der Waals surface area contributed by atoms with Crippen LogP contribution in [0.5, 0.6) is 0 Å². The number of nitrogens with zero attached hydrogens (tertiary/aromatic N) is 1. The van der Waals surface area contributed by atoms with Gasteiger partial charge in [-0.15, -0.1) is 0 Å². The molecule has 1 N–H and O–H groups in total. The molecule has 2 heterocycles. The van der Waals surface area contributed by atoms with Crippen molar-refractivity contribution in [3.8, 4) is 0 Å². The molecule has 0 radical (unpaired) electrons. The Morgan fingerprint density at radius 1 is 1.00 bits per heavy atom. The van der Waals surface area contributed by atoms with E-state index in [1.165, 1.54) is 0 Å². The summed E-state index contributed by atoms with van der Waals surface area (Å²) in [6.45, 7) is 8.77. The molecule has 0 bridgehead atoms. The van der Waals surface area contributed by atoms with Crippen molar-refractivity contribution in [1.82, 2.24) is 4.90 Å². The monoisotopic (exact) mass is 440 g/mol. The molecule has 7 heteroatoms. The number of amides is 1. The Labute approximate surface area is 183 Å². The SMILES string of the molecule is Cc1cccc(NS(=O)(=O)c2c(C)c(C)cc3c(C)c(C(=O)N4CCCCC4)oc23)c1. The van der Waals surface area contributed by atoms with E-state index in [2.05, 4.69) is 4.72 Å². The van der Waals surface area contributed by atoms with E-state index in [1.54, 1.807) is 30.0 Å². The van der Waals surface area contributed by atoms with Gasteiger partial charge in [0.2, 0.25) is 0 Å². The lowest BCUT2D eigenvalue weighted by atomic mass is 10.0. The number of hydrogen-bond donors (Lipinski definition) is 1. The summed E-state index contributed by atoms with van der Waals surface area (Å²) in [5.74, 6) is 0.0626. The first-order valence-electron chi connectivity index (χ1n) is 10.6. The van der Waals surface area contributed by atoms with Gasteiger partial charge in [0.15, 0.2) is 11.3 Å². The normalized spacial score (nSPS) is 14.8. The van der Waals surface area contributed by atoms with E-state index in [4.69, 9.17) is 4.42 Å². The van der Waals surface area contributed by atoms with E-state index in [0.29, 0.717) is 35.3 Å². The van der Waals surface area contributed by atoms with Gasteiger partial charge in [-0.25, -0.2) is 8.42 Å². The number of likely N-dealkylation sites (tertiary alicyclic amines) is 1. The Balaban J connectivity index is 1.85. The molecule has 6 nitrogen and oxygen atoms in total. The van der Waals surface area contributed by atoms with Gasteiger partial charge in [0.1, 0.15) is 4.90 Å². The highest BCUT2D eigenvalue weighted by molar-refractivity contribution is 7.93. The second-order valence-corrected chi connectivity index (χ2v) is 10.0. The summed E-state index contributed by atoms with van der Waals surface area (Å²) in [4.78, 5) is 15.0. The molecule has 0 spiro atoms. The predicted octanol–water partition coefficient (Wildman–Crippen LogP) is 5.09. The minimum atomic E-state index is -3.93. The molecule has 0 atom stereocenters. The van der Waals surface area contributed by atoms with Crippen molar-refractivity contribution in [2.24, 2.45) is 0 Å². The van der Waals surface area contributed by atoms with Crippen LogP contribution in [0.15, 0.2) is 39.6 Å². The highest BCUT2D eigenvalue weighted by Gasteiger charge is 2.30. The van der Waals surface area contributed by atoms with Gasteiger partial charge in [0.05, 0.1) is 0 Å². The minimum Gasteiger partial charge on any atom is -0.449 e. The number of piperidine rings is 1. The number of hydrogen-bond acceptors (Lipinski definition) is 4. The van der Waals surface area contributed by atoms with Crippen LogP contribution in [0.4, 0.5) is 5.69 Å². The van der Waals surface area contributed by atoms with Crippen LogP contribution >= 0.6 is 0 Å². The van der Waals surface area contributed by atoms with Gasteiger partial charge < -0.3 is 9.32 Å². The molecule has 1 amide bonds. The molecule has 1 fully saturated rings. The van der Waals surface area contributed by atoms with Gasteiger partial charge in [-0.2, -0.15) is 0 Å². The second kappa shape index (κ2) is 8.04. The maximum atomic E-state index is 13.4. The second-order valence-electron chi connectivity index (χ2n) is 8.41. The maximum Gasteiger partial charge on any atom is 0.289 e. The lowest BCUT2D eigenvalue weighted by Crippen LogP contribution is -2.35. The number of carbonyl (C=O) groups is 1. The number of benzene rings is 2. The molecule has 0 unspecified atom stereocenters. The highest BCUT2D eigenvalue weighted by Crippen LogP contribution is 2.36. The van der Waals surface area contributed by atoms with Gasteiger partial charge in [-0.05, 0) is 81.8 Å². The largest absolute Gasteiger partial charge is 0.449 e. The molecule has 2 aromatic carbocycles. The van der Waals surface area contributed by atoms with E-state index >= 15 is 0 Å². The van der Waals surface area contributed by atoms with E-state index < -0.39 is 10.0 Å². The van der Waals surface area contributed by atoms with Crippen molar-refractivity contribution in [1.29, 1.82) is 0 Å². The van der Waals surface area contributed by atoms with Crippen LogP contribution in [-0.4, -0.2) is 32.3 Å². The summed E-state index contributed by atoms with van der Waals surface area (Å²) in [5.41, 5.74) is 3.80. The van der Waals surface area contributed by atoms with E-state index in [-0.39, 0.29) is 22.1 Å². The molecule has 164 valence electrons. The van der Waals surface area contributed by atoms with Gasteiger partial charge in [0.25, 0.3) is 15.9 Å². The Hall–Kier alpha value is -2.80. The average Bonchev–Trinajstić information content (AvgIpc) is 3.04. The zero-order valence-electron chi connectivity index (χ0n) is 18.4. The summed E-state index contributed by atoms with van der Waals surface area (Å²) in [6, 6.07) is 9.10. The number of furan rings is 1. The van der Waals surface area contributed by atoms with Crippen molar-refractivity contribution in [2.75, 3.05) is 17.8 Å². The molecule has 1 aliphatic heterocycles. The number of rotatable bonds is 4. The molecule has 1 saturated heterocycles. The topological polar surface area (TPSA) is 79.6 Å². The summed E-state index contributed by atoms with van der Waals surface area (Å²) >= 11 is 0. The number of fused-ring (bicyclic) bond motifs is 1. The smallest absolute Gasteiger partial charge is 0.289 e. The van der Waals surface area contributed by atoms with Crippen LogP contribution in [0.25, 0.3) is 11.0 Å². The van der Waals surface area contributed by atoms with Gasteiger partial charge in [0, 0.05) is 29.7 Å². The number of sulfonamides is 1. The van der Waals surface area contributed by atoms with Crippen molar-refractivity contribution in [2.45, 2.75) is 51.9 Å². The first-order valence-corrected chi connectivity index (χ1v) is 12.1. The lowest BCUT2D eigenvalue weighted by Gasteiger charge is -2.25. The van der Waals surface area contributed by atoms with Crippen LogP contribution in [0.2, 0.25) is 0 Å². The van der Waals surface area contributed by atoms with Gasteiger partial charge in [-0.3, -0.25) is 9.52 Å². The Morgan fingerprint density at radius 3 is 2.39 bits per heavy atom. The van der Waals surface area contributed by atoms with Gasteiger partial charge >= 0.3 is 0 Å². The summed E-state index contributed by atoms with van der Waals surface area (Å²) in [7, 11) is -3.93. The minimum absolute atomic E-state index is 0.0878. The number of anilines is 1. The predicted molar refractivity (Wildman–Crippen MR) is 122 cm³/mol. The summed E-state index contributed by atoms with van der Waals surface area (Å²) in [5, 5.41) is 0.660.